The molecule has 0 amide bonds. The van der Waals surface area contributed by atoms with Gasteiger partial charge in [0.05, 0.1) is 22.5 Å². The van der Waals surface area contributed by atoms with E-state index in [-0.39, 0.29) is 17.8 Å². The fourth-order valence-corrected chi connectivity index (χ4v) is 2.63. The van der Waals surface area contributed by atoms with Crippen LogP contribution in [0.2, 0.25) is 0 Å². The lowest BCUT2D eigenvalue weighted by atomic mass is 10.1. The van der Waals surface area contributed by atoms with Gasteiger partial charge in [-0.05, 0) is 30.3 Å². The zero-order chi connectivity index (χ0) is 19.6. The molecule has 1 heterocycles. The molecule has 4 N–H and O–H groups in total. The Balaban J connectivity index is 2.15. The van der Waals surface area contributed by atoms with Crippen LogP contribution in [0.5, 0.6) is 5.75 Å². The molecule has 0 aliphatic heterocycles. The number of hydrogen-bond acceptors (Lipinski definition) is 5. The van der Waals surface area contributed by atoms with Crippen molar-refractivity contribution in [1.82, 2.24) is 4.98 Å². The first-order chi connectivity index (χ1) is 12.8. The Hall–Kier alpha value is -3.33. The SMILES string of the molecule is NCc1cnc2ccc(OC(F)(F)F)cc2c1Nc1ccccc1C(=O)O. The minimum absolute atomic E-state index is 0.00753. The first kappa shape index (κ1) is 18.5. The maximum absolute atomic E-state index is 12.5. The number of carboxylic acid groups (broad SMARTS) is 1. The lowest BCUT2D eigenvalue weighted by molar-refractivity contribution is -0.274. The van der Waals surface area contributed by atoms with Crippen molar-refractivity contribution in [2.45, 2.75) is 12.9 Å². The Morgan fingerprint density at radius 1 is 1.22 bits per heavy atom. The Kier molecular flexibility index (Phi) is 4.87. The molecule has 0 radical (unpaired) electrons. The smallest absolute Gasteiger partial charge is 0.478 e. The van der Waals surface area contributed by atoms with Gasteiger partial charge in [0.1, 0.15) is 5.75 Å². The topological polar surface area (TPSA) is 97.5 Å². The highest BCUT2D eigenvalue weighted by Crippen LogP contribution is 2.34. The molecular formula is C18H14F3N3O3. The van der Waals surface area contributed by atoms with E-state index in [2.05, 4.69) is 15.0 Å². The van der Waals surface area contributed by atoms with Crippen LogP contribution in [-0.2, 0) is 6.54 Å². The Bertz CT molecular complexity index is 1010. The van der Waals surface area contributed by atoms with Gasteiger partial charge in [0.2, 0.25) is 0 Å². The molecule has 0 saturated carbocycles. The molecule has 0 fully saturated rings. The van der Waals surface area contributed by atoms with E-state index in [0.29, 0.717) is 22.2 Å². The van der Waals surface area contributed by atoms with Gasteiger partial charge in [-0.15, -0.1) is 13.2 Å². The molecule has 0 atom stereocenters. The highest BCUT2D eigenvalue weighted by molar-refractivity contribution is 5.99. The van der Waals surface area contributed by atoms with Crippen molar-refractivity contribution < 1.29 is 27.8 Å². The van der Waals surface area contributed by atoms with Gasteiger partial charge in [-0.1, -0.05) is 12.1 Å². The number of aromatic nitrogens is 1. The molecule has 0 aliphatic rings. The van der Waals surface area contributed by atoms with Gasteiger partial charge in [-0.2, -0.15) is 0 Å². The van der Waals surface area contributed by atoms with Gasteiger partial charge >= 0.3 is 12.3 Å². The van der Waals surface area contributed by atoms with Gasteiger partial charge in [0.25, 0.3) is 0 Å². The fourth-order valence-electron chi connectivity index (χ4n) is 2.63. The summed E-state index contributed by atoms with van der Waals surface area (Å²) in [5, 5.41) is 12.6. The summed E-state index contributed by atoms with van der Waals surface area (Å²) in [6.07, 6.45) is -3.35. The number of hydrogen-bond donors (Lipinski definition) is 3. The number of aromatic carboxylic acids is 1. The number of nitrogens with one attached hydrogen (secondary N) is 1. The summed E-state index contributed by atoms with van der Waals surface area (Å²) in [6.45, 7) is 0.0465. The summed E-state index contributed by atoms with van der Waals surface area (Å²) in [5.74, 6) is -1.56. The monoisotopic (exact) mass is 377 g/mol. The van der Waals surface area contributed by atoms with E-state index in [1.165, 1.54) is 24.4 Å². The van der Waals surface area contributed by atoms with E-state index in [1.54, 1.807) is 18.2 Å². The lowest BCUT2D eigenvalue weighted by Crippen LogP contribution is -2.17. The number of para-hydroxylation sites is 1. The largest absolute Gasteiger partial charge is 0.573 e. The molecule has 1 aromatic heterocycles. The van der Waals surface area contributed by atoms with Crippen LogP contribution < -0.4 is 15.8 Å². The number of nitrogens with two attached hydrogens (primary N) is 1. The van der Waals surface area contributed by atoms with Gasteiger partial charge in [0, 0.05) is 23.7 Å². The molecule has 2 aromatic carbocycles. The fraction of sp³-hybridized carbons (Fsp3) is 0.111. The predicted octanol–water partition coefficient (Wildman–Crippen LogP) is 4.03. The number of fused-ring (bicyclic) bond motifs is 1. The van der Waals surface area contributed by atoms with Crippen molar-refractivity contribution in [3.63, 3.8) is 0 Å². The Morgan fingerprint density at radius 2 is 1.96 bits per heavy atom. The van der Waals surface area contributed by atoms with Crippen molar-refractivity contribution in [3.05, 3.63) is 59.8 Å². The number of carbonyl (C=O) groups is 1. The van der Waals surface area contributed by atoms with Crippen molar-refractivity contribution in [2.24, 2.45) is 5.73 Å². The summed E-state index contributed by atoms with van der Waals surface area (Å²) >= 11 is 0. The summed E-state index contributed by atoms with van der Waals surface area (Å²) in [6, 6.07) is 9.88. The van der Waals surface area contributed by atoms with Crippen LogP contribution in [0.15, 0.2) is 48.7 Å². The van der Waals surface area contributed by atoms with Gasteiger partial charge in [-0.3, -0.25) is 4.98 Å². The minimum Gasteiger partial charge on any atom is -0.478 e. The third kappa shape index (κ3) is 4.09. The number of benzene rings is 2. The number of alkyl halides is 3. The second kappa shape index (κ2) is 7.12. The van der Waals surface area contributed by atoms with Crippen LogP contribution in [0.3, 0.4) is 0 Å². The standard InChI is InChI=1S/C18H14F3N3O3/c19-18(20,21)27-11-5-6-14-13(7-11)16(10(8-22)9-23-14)24-15-4-2-1-3-12(15)17(25)26/h1-7,9H,8,22H2,(H,23,24)(H,25,26). The minimum atomic E-state index is -4.84. The van der Waals surface area contributed by atoms with Crippen molar-refractivity contribution in [2.75, 3.05) is 5.32 Å². The molecule has 0 bridgehead atoms. The van der Waals surface area contributed by atoms with Crippen molar-refractivity contribution in [1.29, 1.82) is 0 Å². The van der Waals surface area contributed by atoms with Crippen LogP contribution in [0.25, 0.3) is 10.9 Å². The molecule has 9 heteroatoms. The first-order valence-corrected chi connectivity index (χ1v) is 7.75. The molecule has 0 saturated heterocycles. The van der Waals surface area contributed by atoms with E-state index in [4.69, 9.17) is 5.73 Å². The second-order valence-corrected chi connectivity index (χ2v) is 5.57. The summed E-state index contributed by atoms with van der Waals surface area (Å²) in [5.41, 5.74) is 7.28. The van der Waals surface area contributed by atoms with Crippen molar-refractivity contribution in [3.8, 4) is 5.75 Å². The molecule has 3 aromatic rings. The van der Waals surface area contributed by atoms with Crippen LogP contribution in [0.4, 0.5) is 24.5 Å². The Morgan fingerprint density at radius 3 is 2.63 bits per heavy atom. The van der Waals surface area contributed by atoms with Crippen LogP contribution in [0.1, 0.15) is 15.9 Å². The molecule has 27 heavy (non-hydrogen) atoms. The van der Waals surface area contributed by atoms with Crippen LogP contribution in [0, 0.1) is 0 Å². The van der Waals surface area contributed by atoms with E-state index in [9.17, 15) is 23.1 Å². The highest BCUT2D eigenvalue weighted by Gasteiger charge is 2.31. The molecule has 6 nitrogen and oxygen atoms in total. The average Bonchev–Trinajstić information content (AvgIpc) is 2.61. The summed E-state index contributed by atoms with van der Waals surface area (Å²) in [7, 11) is 0. The average molecular weight is 377 g/mol. The molecular weight excluding hydrogens is 363 g/mol. The molecule has 0 spiro atoms. The number of anilines is 2. The van der Waals surface area contributed by atoms with Crippen LogP contribution in [-0.4, -0.2) is 22.4 Å². The van der Waals surface area contributed by atoms with Gasteiger partial charge < -0.3 is 20.9 Å². The van der Waals surface area contributed by atoms with Crippen LogP contribution >= 0.6 is 0 Å². The maximum atomic E-state index is 12.5. The lowest BCUT2D eigenvalue weighted by Gasteiger charge is -2.16. The van der Waals surface area contributed by atoms with E-state index in [0.717, 1.165) is 6.07 Å². The quantitative estimate of drug-likeness (QED) is 0.621. The molecule has 0 unspecified atom stereocenters. The van der Waals surface area contributed by atoms with E-state index >= 15 is 0 Å². The number of pyridine rings is 1. The predicted molar refractivity (Wildman–Crippen MR) is 93.0 cm³/mol. The number of rotatable bonds is 5. The number of ether oxygens (including phenoxy) is 1. The summed E-state index contributed by atoms with van der Waals surface area (Å²) < 4.78 is 41.6. The maximum Gasteiger partial charge on any atom is 0.573 e. The zero-order valence-electron chi connectivity index (χ0n) is 13.7. The van der Waals surface area contributed by atoms with Gasteiger partial charge in [-0.25, -0.2) is 4.79 Å². The molecule has 3 rings (SSSR count). The van der Waals surface area contributed by atoms with E-state index < -0.39 is 18.1 Å². The number of carboxylic acids is 1. The molecule has 140 valence electrons. The van der Waals surface area contributed by atoms with Crippen molar-refractivity contribution >= 4 is 28.2 Å². The zero-order valence-corrected chi connectivity index (χ0v) is 13.7. The normalized spacial score (nSPS) is 11.4. The van der Waals surface area contributed by atoms with E-state index in [1.807, 2.05) is 0 Å². The summed E-state index contributed by atoms with van der Waals surface area (Å²) in [4.78, 5) is 15.6. The third-order valence-electron chi connectivity index (χ3n) is 3.79. The molecule has 0 aliphatic carbocycles. The number of halogens is 3. The Labute approximate surface area is 151 Å². The highest BCUT2D eigenvalue weighted by atomic mass is 19.4. The second-order valence-electron chi connectivity index (χ2n) is 5.57. The first-order valence-electron chi connectivity index (χ1n) is 7.75. The number of nitrogens with zero attached hydrogens (tertiary/aromatic N) is 1. The third-order valence-corrected chi connectivity index (χ3v) is 3.79. The van der Waals surface area contributed by atoms with Gasteiger partial charge in [0.15, 0.2) is 0 Å².